The Morgan fingerprint density at radius 3 is 2.90 bits per heavy atom. The van der Waals surface area contributed by atoms with Crippen LogP contribution < -0.4 is 11.4 Å². The summed E-state index contributed by atoms with van der Waals surface area (Å²) < 4.78 is 31.1. The molecule has 9 heteroatoms. The Kier molecular flexibility index (Phi) is 4.28. The summed E-state index contributed by atoms with van der Waals surface area (Å²) in [6, 6.07) is 1.35. The molecule has 0 spiro atoms. The Morgan fingerprint density at radius 1 is 1.65 bits per heavy atom. The maximum absolute atomic E-state index is 14.7. The largest absolute Gasteiger partial charge is 0.383 e. The van der Waals surface area contributed by atoms with Gasteiger partial charge in [0.25, 0.3) is 5.13 Å². The fourth-order valence-electron chi connectivity index (χ4n) is 2.17. The first-order valence-electron chi connectivity index (χ1n) is 5.81. The second-order valence-corrected chi connectivity index (χ2v) is 4.93. The zero-order valence-electron chi connectivity index (χ0n) is 11.0. The Labute approximate surface area is 119 Å². The average Bonchev–Trinajstić information content (AvgIpc) is 2.61. The van der Waals surface area contributed by atoms with E-state index in [-0.39, 0.29) is 12.4 Å². The monoisotopic (exact) mass is 307 g/mol. The van der Waals surface area contributed by atoms with Gasteiger partial charge in [-0.3, -0.25) is 4.57 Å². The van der Waals surface area contributed by atoms with Crippen LogP contribution in [0, 0.1) is 0 Å². The maximum Gasteiger partial charge on any atom is 0.351 e. The van der Waals surface area contributed by atoms with Gasteiger partial charge in [-0.05, 0) is 6.07 Å². The van der Waals surface area contributed by atoms with Crippen LogP contribution in [0.15, 0.2) is 17.1 Å². The number of nitrogens with zero attached hydrogens (tertiary/aromatic N) is 2. The van der Waals surface area contributed by atoms with Crippen molar-refractivity contribution in [3.8, 4) is 0 Å². The topological polar surface area (TPSA) is 88.6 Å². The molecule has 1 aliphatic heterocycles. The fourth-order valence-corrected chi connectivity index (χ4v) is 2.56. The summed E-state index contributed by atoms with van der Waals surface area (Å²) in [6.07, 6.45) is -1.94. The van der Waals surface area contributed by atoms with Crippen LogP contribution in [-0.4, -0.2) is 47.7 Å². The van der Waals surface area contributed by atoms with Gasteiger partial charge in [-0.2, -0.15) is 4.98 Å². The molecule has 0 saturated carbocycles. The number of rotatable bonds is 4. The first-order valence-corrected chi connectivity index (χ1v) is 6.19. The fraction of sp³-hybridized carbons (Fsp3) is 0.636. The number of methoxy groups -OCH3 is 2. The SMILES string of the molecule is COC[C@H]1O[C@@H](n2ccc(N)nc2=O)[C@@](F)(Cl)[C@@H]1OC. The highest BCUT2D eigenvalue weighted by Gasteiger charge is 2.58. The molecule has 7 nitrogen and oxygen atoms in total. The molecular formula is C11H15ClFN3O4. The van der Waals surface area contributed by atoms with Crippen molar-refractivity contribution in [3.05, 3.63) is 22.7 Å². The molecule has 1 aromatic heterocycles. The molecule has 1 aromatic rings. The first kappa shape index (κ1) is 15.2. The highest BCUT2D eigenvalue weighted by Crippen LogP contribution is 2.45. The van der Waals surface area contributed by atoms with E-state index in [9.17, 15) is 9.18 Å². The third-order valence-corrected chi connectivity index (χ3v) is 3.44. The number of nitrogen functional groups attached to an aromatic ring is 1. The van der Waals surface area contributed by atoms with Crippen LogP contribution in [0.3, 0.4) is 0 Å². The lowest BCUT2D eigenvalue weighted by Crippen LogP contribution is -2.42. The lowest BCUT2D eigenvalue weighted by Gasteiger charge is -2.24. The lowest BCUT2D eigenvalue weighted by atomic mass is 10.1. The van der Waals surface area contributed by atoms with Crippen LogP contribution in [-0.2, 0) is 14.2 Å². The predicted molar refractivity (Wildman–Crippen MR) is 69.2 cm³/mol. The summed E-state index contributed by atoms with van der Waals surface area (Å²) in [7, 11) is 2.74. The number of ether oxygens (including phenoxy) is 3. The van der Waals surface area contributed by atoms with Crippen molar-refractivity contribution in [2.45, 2.75) is 23.6 Å². The summed E-state index contributed by atoms with van der Waals surface area (Å²) in [5.74, 6) is 0.0278. The molecular weight excluding hydrogens is 293 g/mol. The summed E-state index contributed by atoms with van der Waals surface area (Å²) in [5, 5.41) is -2.43. The third-order valence-electron chi connectivity index (χ3n) is 3.04. The van der Waals surface area contributed by atoms with E-state index < -0.39 is 29.3 Å². The van der Waals surface area contributed by atoms with Crippen molar-refractivity contribution >= 4 is 17.4 Å². The molecule has 2 rings (SSSR count). The molecule has 2 N–H and O–H groups in total. The summed E-state index contributed by atoms with van der Waals surface area (Å²) in [4.78, 5) is 15.3. The smallest absolute Gasteiger partial charge is 0.351 e. The minimum atomic E-state index is -2.43. The van der Waals surface area contributed by atoms with E-state index in [0.29, 0.717) is 0 Å². The van der Waals surface area contributed by atoms with Crippen LogP contribution in [0.2, 0.25) is 0 Å². The van der Waals surface area contributed by atoms with Gasteiger partial charge in [0, 0.05) is 20.4 Å². The molecule has 0 bridgehead atoms. The van der Waals surface area contributed by atoms with Crippen LogP contribution in [0.4, 0.5) is 10.2 Å². The molecule has 112 valence electrons. The number of halogens is 2. The third kappa shape index (κ3) is 2.51. The standard InChI is InChI=1S/C11H15ClFN3O4/c1-18-5-6-8(19-2)11(12,13)9(20-6)16-4-3-7(14)15-10(16)17/h3-4,6,8-9H,5H2,1-2H3,(H2,14,15,17)/t6-,8-,9-,11-/m1/s1. The van der Waals surface area contributed by atoms with Crippen molar-refractivity contribution in [2.75, 3.05) is 26.6 Å². The number of anilines is 1. The van der Waals surface area contributed by atoms with Gasteiger partial charge in [-0.15, -0.1) is 0 Å². The van der Waals surface area contributed by atoms with Crippen molar-refractivity contribution in [1.82, 2.24) is 9.55 Å². The molecule has 1 fully saturated rings. The van der Waals surface area contributed by atoms with E-state index in [1.165, 1.54) is 26.5 Å². The molecule has 0 aliphatic carbocycles. The van der Waals surface area contributed by atoms with Crippen LogP contribution >= 0.6 is 11.6 Å². The zero-order valence-corrected chi connectivity index (χ0v) is 11.7. The Hall–Kier alpha value is -1.22. The van der Waals surface area contributed by atoms with Gasteiger partial charge in [0.05, 0.1) is 6.61 Å². The van der Waals surface area contributed by atoms with E-state index in [4.69, 9.17) is 31.5 Å². The molecule has 1 saturated heterocycles. The Bertz CT molecular complexity index is 539. The minimum absolute atomic E-state index is 0.0278. The highest BCUT2D eigenvalue weighted by molar-refractivity contribution is 6.23. The minimum Gasteiger partial charge on any atom is -0.383 e. The second-order valence-electron chi connectivity index (χ2n) is 4.36. The van der Waals surface area contributed by atoms with Gasteiger partial charge < -0.3 is 19.9 Å². The molecule has 0 aromatic carbocycles. The van der Waals surface area contributed by atoms with Gasteiger partial charge in [0.1, 0.15) is 18.0 Å². The van der Waals surface area contributed by atoms with Gasteiger partial charge in [0.15, 0.2) is 6.23 Å². The molecule has 0 radical (unpaired) electrons. The number of hydrogen-bond donors (Lipinski definition) is 1. The van der Waals surface area contributed by atoms with E-state index >= 15 is 0 Å². The van der Waals surface area contributed by atoms with Crippen molar-refractivity contribution < 1.29 is 18.6 Å². The molecule has 20 heavy (non-hydrogen) atoms. The molecule has 0 unspecified atom stereocenters. The summed E-state index contributed by atoms with van der Waals surface area (Å²) in [5.41, 5.74) is 4.63. The predicted octanol–water partition coefficient (Wildman–Crippen LogP) is 0.289. The number of hydrogen-bond acceptors (Lipinski definition) is 6. The average molecular weight is 308 g/mol. The quantitative estimate of drug-likeness (QED) is 0.804. The molecule has 2 heterocycles. The van der Waals surface area contributed by atoms with Crippen molar-refractivity contribution in [3.63, 3.8) is 0 Å². The zero-order chi connectivity index (χ0) is 14.9. The lowest BCUT2D eigenvalue weighted by molar-refractivity contribution is -0.0631. The van der Waals surface area contributed by atoms with Crippen molar-refractivity contribution in [1.29, 1.82) is 0 Å². The Balaban J connectivity index is 2.38. The number of alkyl halides is 2. The van der Waals surface area contributed by atoms with Gasteiger partial charge in [0.2, 0.25) is 0 Å². The molecule has 0 amide bonds. The van der Waals surface area contributed by atoms with E-state index in [2.05, 4.69) is 4.98 Å². The molecule has 4 atom stereocenters. The highest BCUT2D eigenvalue weighted by atomic mass is 35.5. The maximum atomic E-state index is 14.7. The molecule has 1 aliphatic rings. The van der Waals surface area contributed by atoms with Gasteiger partial charge in [-0.1, -0.05) is 11.6 Å². The van der Waals surface area contributed by atoms with E-state index in [1.54, 1.807) is 0 Å². The number of aromatic nitrogens is 2. The number of nitrogens with two attached hydrogens (primary N) is 1. The second kappa shape index (κ2) is 5.65. The van der Waals surface area contributed by atoms with Crippen molar-refractivity contribution in [2.24, 2.45) is 0 Å². The summed E-state index contributed by atoms with van der Waals surface area (Å²) >= 11 is 5.89. The van der Waals surface area contributed by atoms with E-state index in [0.717, 1.165) is 4.57 Å². The Morgan fingerprint density at radius 2 is 2.35 bits per heavy atom. The van der Waals surface area contributed by atoms with E-state index in [1.807, 2.05) is 0 Å². The van der Waals surface area contributed by atoms with Crippen LogP contribution in [0.1, 0.15) is 6.23 Å². The van der Waals surface area contributed by atoms with Crippen LogP contribution in [0.25, 0.3) is 0 Å². The van der Waals surface area contributed by atoms with Crippen LogP contribution in [0.5, 0.6) is 0 Å². The first-order chi connectivity index (χ1) is 9.41. The normalized spacial score (nSPS) is 33.5. The summed E-state index contributed by atoms with van der Waals surface area (Å²) in [6.45, 7) is 0.0740. The van der Waals surface area contributed by atoms with Gasteiger partial charge >= 0.3 is 5.69 Å². The van der Waals surface area contributed by atoms with Gasteiger partial charge in [-0.25, -0.2) is 9.18 Å².